The molecule has 3 heteroatoms. The van der Waals surface area contributed by atoms with E-state index in [0.29, 0.717) is 25.2 Å². The highest BCUT2D eigenvalue weighted by Gasteiger charge is 2.23. The van der Waals surface area contributed by atoms with Crippen LogP contribution >= 0.6 is 0 Å². The normalized spacial score (nSPS) is 11.6. The second-order valence-corrected chi connectivity index (χ2v) is 10.1. The summed E-state index contributed by atoms with van der Waals surface area (Å²) in [5, 5.41) is 10.3. The number of ether oxygens (including phenoxy) is 1. The molecule has 0 aliphatic carbocycles. The average Bonchev–Trinajstić information content (AvgIpc) is 2.76. The van der Waals surface area contributed by atoms with Crippen molar-refractivity contribution in [2.45, 2.75) is 136 Å². The Hall–Kier alpha value is -1.51. The lowest BCUT2D eigenvalue weighted by molar-refractivity contribution is -0.143. The predicted molar refractivity (Wildman–Crippen MR) is 136 cm³/mol. The van der Waals surface area contributed by atoms with Crippen LogP contribution in [0.4, 0.5) is 0 Å². The van der Waals surface area contributed by atoms with Crippen molar-refractivity contribution in [2.24, 2.45) is 0 Å². The molecule has 184 valence electrons. The van der Waals surface area contributed by atoms with Gasteiger partial charge in [-0.05, 0) is 41.9 Å². The van der Waals surface area contributed by atoms with Crippen LogP contribution in [-0.4, -0.2) is 17.7 Å². The van der Waals surface area contributed by atoms with Crippen LogP contribution in [0.1, 0.15) is 135 Å². The molecule has 1 aromatic carbocycles. The second kappa shape index (κ2) is 17.0. The first-order valence-electron chi connectivity index (χ1n) is 13.4. The predicted octanol–water partition coefficient (Wildman–Crippen LogP) is 8.65. The number of aromatic hydroxyl groups is 1. The highest BCUT2D eigenvalue weighted by atomic mass is 16.5. The average molecular weight is 447 g/mol. The van der Waals surface area contributed by atoms with E-state index in [1.807, 2.05) is 6.07 Å². The van der Waals surface area contributed by atoms with E-state index < -0.39 is 0 Å². The van der Waals surface area contributed by atoms with E-state index in [-0.39, 0.29) is 11.4 Å². The third-order valence-electron chi connectivity index (χ3n) is 6.54. The number of carbonyl (C=O) groups is 1. The zero-order valence-electron chi connectivity index (χ0n) is 21.5. The summed E-state index contributed by atoms with van der Waals surface area (Å²) in [5.41, 5.74) is 2.00. The minimum absolute atomic E-state index is 0.0655. The third kappa shape index (κ3) is 12.5. The lowest BCUT2D eigenvalue weighted by Gasteiger charge is -2.26. The van der Waals surface area contributed by atoms with E-state index in [1.165, 1.54) is 64.2 Å². The zero-order chi connectivity index (χ0) is 23.7. The van der Waals surface area contributed by atoms with Crippen molar-refractivity contribution in [1.29, 1.82) is 0 Å². The van der Waals surface area contributed by atoms with E-state index in [1.54, 1.807) is 6.07 Å². The van der Waals surface area contributed by atoms with Crippen molar-refractivity contribution in [3.63, 3.8) is 0 Å². The Balaban J connectivity index is 2.11. The van der Waals surface area contributed by atoms with Crippen LogP contribution in [0.2, 0.25) is 0 Å². The van der Waals surface area contributed by atoms with Crippen molar-refractivity contribution in [1.82, 2.24) is 0 Å². The maximum Gasteiger partial charge on any atom is 0.306 e. The number of unbranched alkanes of at least 4 members (excludes halogenated alkanes) is 11. The van der Waals surface area contributed by atoms with Gasteiger partial charge < -0.3 is 9.84 Å². The van der Waals surface area contributed by atoms with Gasteiger partial charge in [-0.25, -0.2) is 0 Å². The van der Waals surface area contributed by atoms with Crippen LogP contribution < -0.4 is 0 Å². The number of phenolic OH excluding ortho intramolecular Hbond substituents is 1. The Morgan fingerprint density at radius 3 is 1.97 bits per heavy atom. The van der Waals surface area contributed by atoms with Crippen molar-refractivity contribution in [3.05, 3.63) is 29.3 Å². The fourth-order valence-corrected chi connectivity index (χ4v) is 4.49. The molecule has 0 amide bonds. The molecule has 0 fully saturated rings. The van der Waals surface area contributed by atoms with E-state index in [2.05, 4.69) is 33.8 Å². The van der Waals surface area contributed by atoms with Gasteiger partial charge in [-0.3, -0.25) is 4.79 Å². The Bertz CT molecular complexity index is 621. The molecule has 0 aliphatic heterocycles. The molecule has 0 radical (unpaired) electrons. The summed E-state index contributed by atoms with van der Waals surface area (Å²) in [5.74, 6) is 0.234. The van der Waals surface area contributed by atoms with Gasteiger partial charge in [0.15, 0.2) is 0 Å². The number of rotatable bonds is 19. The number of hydrogen-bond donors (Lipinski definition) is 1. The molecule has 32 heavy (non-hydrogen) atoms. The first kappa shape index (κ1) is 28.5. The van der Waals surface area contributed by atoms with Crippen molar-refractivity contribution < 1.29 is 14.6 Å². The molecule has 0 spiro atoms. The third-order valence-corrected chi connectivity index (χ3v) is 6.54. The maximum atomic E-state index is 12.1. The smallest absolute Gasteiger partial charge is 0.306 e. The molecule has 0 unspecified atom stereocenters. The minimum atomic E-state index is -0.115. The molecule has 1 rings (SSSR count). The fraction of sp³-hybridized carbons (Fsp3) is 0.759. The van der Waals surface area contributed by atoms with Crippen LogP contribution in [0.5, 0.6) is 5.75 Å². The molecule has 0 saturated carbocycles. The molecule has 0 atom stereocenters. The summed E-state index contributed by atoms with van der Waals surface area (Å²) < 4.78 is 5.43. The number of esters is 1. The summed E-state index contributed by atoms with van der Waals surface area (Å²) in [6.45, 7) is 9.30. The molecule has 1 N–H and O–H groups in total. The summed E-state index contributed by atoms with van der Waals surface area (Å²) in [6, 6.07) is 5.74. The highest BCUT2D eigenvalue weighted by Crippen LogP contribution is 2.35. The monoisotopic (exact) mass is 446 g/mol. The SMILES string of the molecule is CCCCCCCCCCCCCCOC(=O)CCc1ccc(O)c(C(C)(C)CCC)c1. The van der Waals surface area contributed by atoms with Gasteiger partial charge >= 0.3 is 5.97 Å². The van der Waals surface area contributed by atoms with Crippen LogP contribution in [-0.2, 0) is 21.4 Å². The number of hydrogen-bond acceptors (Lipinski definition) is 3. The first-order chi connectivity index (χ1) is 15.4. The van der Waals surface area contributed by atoms with Crippen molar-refractivity contribution in [3.8, 4) is 5.75 Å². The van der Waals surface area contributed by atoms with E-state index in [0.717, 1.165) is 36.8 Å². The maximum absolute atomic E-state index is 12.1. The van der Waals surface area contributed by atoms with Gasteiger partial charge in [-0.15, -0.1) is 0 Å². The molecule has 0 aliphatic rings. The summed E-state index contributed by atoms with van der Waals surface area (Å²) in [4.78, 5) is 12.1. The van der Waals surface area contributed by atoms with Crippen molar-refractivity contribution in [2.75, 3.05) is 6.61 Å². The number of benzene rings is 1. The molecule has 0 bridgehead atoms. The quantitative estimate of drug-likeness (QED) is 0.171. The Labute approximate surface area is 198 Å². The summed E-state index contributed by atoms with van der Waals surface area (Å²) in [7, 11) is 0. The Morgan fingerprint density at radius 1 is 0.844 bits per heavy atom. The van der Waals surface area contributed by atoms with Gasteiger partial charge in [0.1, 0.15) is 5.75 Å². The first-order valence-corrected chi connectivity index (χ1v) is 13.4. The molecule has 1 aromatic rings. The van der Waals surface area contributed by atoms with Crippen LogP contribution in [0.3, 0.4) is 0 Å². The lowest BCUT2D eigenvalue weighted by Crippen LogP contribution is -2.17. The summed E-state index contributed by atoms with van der Waals surface area (Å²) >= 11 is 0. The van der Waals surface area contributed by atoms with E-state index in [4.69, 9.17) is 4.74 Å². The molecule has 0 saturated heterocycles. The lowest BCUT2D eigenvalue weighted by atomic mass is 9.79. The van der Waals surface area contributed by atoms with Gasteiger partial charge in [-0.1, -0.05) is 117 Å². The van der Waals surface area contributed by atoms with Gasteiger partial charge in [0.05, 0.1) is 6.61 Å². The molecule has 3 nitrogen and oxygen atoms in total. The molecular formula is C29H50O3. The van der Waals surface area contributed by atoms with Crippen LogP contribution in [0.15, 0.2) is 18.2 Å². The largest absolute Gasteiger partial charge is 0.508 e. The zero-order valence-corrected chi connectivity index (χ0v) is 21.5. The topological polar surface area (TPSA) is 46.5 Å². The standard InChI is InChI=1S/C29H50O3/c1-5-7-8-9-10-11-12-13-14-15-16-17-23-32-28(31)21-19-25-18-20-27(30)26(24-25)29(3,4)22-6-2/h18,20,24,30H,5-17,19,21-23H2,1-4H3. The summed E-state index contributed by atoms with van der Waals surface area (Å²) in [6.07, 6.45) is 18.9. The van der Waals surface area contributed by atoms with Crippen LogP contribution in [0.25, 0.3) is 0 Å². The second-order valence-electron chi connectivity index (χ2n) is 10.1. The van der Waals surface area contributed by atoms with Gasteiger partial charge in [0.25, 0.3) is 0 Å². The fourth-order valence-electron chi connectivity index (χ4n) is 4.49. The van der Waals surface area contributed by atoms with Crippen LogP contribution in [0, 0.1) is 0 Å². The molecular weight excluding hydrogens is 396 g/mol. The number of aryl methyl sites for hydroxylation is 1. The van der Waals surface area contributed by atoms with Gasteiger partial charge in [0.2, 0.25) is 0 Å². The molecule has 0 heterocycles. The highest BCUT2D eigenvalue weighted by molar-refractivity contribution is 5.69. The van der Waals surface area contributed by atoms with E-state index >= 15 is 0 Å². The Morgan fingerprint density at radius 2 is 1.41 bits per heavy atom. The van der Waals surface area contributed by atoms with Gasteiger partial charge in [-0.2, -0.15) is 0 Å². The van der Waals surface area contributed by atoms with Gasteiger partial charge in [0, 0.05) is 6.42 Å². The minimum Gasteiger partial charge on any atom is -0.508 e. The molecule has 0 aromatic heterocycles. The Kier molecular flexibility index (Phi) is 15.2. The van der Waals surface area contributed by atoms with E-state index in [9.17, 15) is 9.90 Å². The number of phenols is 1. The number of carbonyl (C=O) groups excluding carboxylic acids is 1. The van der Waals surface area contributed by atoms with Crippen molar-refractivity contribution >= 4 is 5.97 Å².